The summed E-state index contributed by atoms with van der Waals surface area (Å²) in [5.41, 5.74) is -0.643. The van der Waals surface area contributed by atoms with Gasteiger partial charge in [-0.05, 0) is 31.2 Å². The minimum absolute atomic E-state index is 0.0142. The second-order valence-corrected chi connectivity index (χ2v) is 5.88. The maximum Gasteiger partial charge on any atom is 0.315 e. The summed E-state index contributed by atoms with van der Waals surface area (Å²) in [6.45, 7) is 1.80. The minimum Gasteiger partial charge on any atom is -0.493 e. The fourth-order valence-electron chi connectivity index (χ4n) is 2.49. The second-order valence-electron chi connectivity index (χ2n) is 5.88. The van der Waals surface area contributed by atoms with Gasteiger partial charge in [0.25, 0.3) is 0 Å². The van der Waals surface area contributed by atoms with Crippen molar-refractivity contribution in [3.8, 4) is 5.75 Å². The number of hydrogen-bond donors (Lipinski definition) is 3. The number of ether oxygens (including phenoxy) is 1. The third kappa shape index (κ3) is 3.77. The van der Waals surface area contributed by atoms with Crippen molar-refractivity contribution in [2.24, 2.45) is 0 Å². The van der Waals surface area contributed by atoms with Gasteiger partial charge in [-0.25, -0.2) is 4.79 Å². The number of carbonyl (C=O) groups excluding carboxylic acids is 1. The molecule has 0 aliphatic rings. The van der Waals surface area contributed by atoms with E-state index in [1.165, 1.54) is 6.26 Å². The third-order valence-electron chi connectivity index (χ3n) is 3.85. The van der Waals surface area contributed by atoms with Gasteiger partial charge in [0, 0.05) is 5.39 Å². The second kappa shape index (κ2) is 6.90. The molecule has 0 bridgehead atoms. The highest BCUT2D eigenvalue weighted by atomic mass is 16.5. The number of nitrogens with one attached hydrogen (secondary N) is 2. The average molecular weight is 344 g/mol. The first kappa shape index (κ1) is 16.9. The summed E-state index contributed by atoms with van der Waals surface area (Å²) in [7, 11) is 1.58. The van der Waals surface area contributed by atoms with Crippen LogP contribution in [0, 0.1) is 0 Å². The van der Waals surface area contributed by atoms with E-state index in [0.717, 1.165) is 5.39 Å². The smallest absolute Gasteiger partial charge is 0.315 e. The quantitative estimate of drug-likeness (QED) is 0.639. The van der Waals surface area contributed by atoms with Crippen molar-refractivity contribution >= 4 is 17.0 Å². The molecule has 3 rings (SSSR count). The minimum atomic E-state index is -1.28. The molecule has 0 aliphatic heterocycles. The number of furan rings is 2. The highest BCUT2D eigenvalue weighted by Gasteiger charge is 2.26. The van der Waals surface area contributed by atoms with Gasteiger partial charge in [0.2, 0.25) is 0 Å². The summed E-state index contributed by atoms with van der Waals surface area (Å²) in [6, 6.07) is 10.4. The maximum absolute atomic E-state index is 11.9. The van der Waals surface area contributed by atoms with Crippen LogP contribution in [0.25, 0.3) is 11.0 Å². The van der Waals surface area contributed by atoms with E-state index in [1.54, 1.807) is 26.2 Å². The molecule has 2 aromatic heterocycles. The van der Waals surface area contributed by atoms with Crippen LogP contribution in [0.1, 0.15) is 18.4 Å². The third-order valence-corrected chi connectivity index (χ3v) is 3.85. The van der Waals surface area contributed by atoms with Crippen LogP contribution in [0.15, 0.2) is 51.5 Å². The van der Waals surface area contributed by atoms with Gasteiger partial charge in [-0.15, -0.1) is 0 Å². The Morgan fingerprint density at radius 2 is 2.12 bits per heavy atom. The molecule has 0 saturated carbocycles. The van der Waals surface area contributed by atoms with Gasteiger partial charge < -0.3 is 29.3 Å². The Labute approximate surface area is 144 Å². The number of rotatable bonds is 6. The van der Waals surface area contributed by atoms with E-state index in [9.17, 15) is 9.90 Å². The summed E-state index contributed by atoms with van der Waals surface area (Å²) >= 11 is 0. The molecule has 1 unspecified atom stereocenters. The monoisotopic (exact) mass is 344 g/mol. The van der Waals surface area contributed by atoms with Gasteiger partial charge in [0.15, 0.2) is 11.3 Å². The molecule has 2 amide bonds. The number of benzene rings is 1. The predicted molar refractivity (Wildman–Crippen MR) is 91.3 cm³/mol. The highest BCUT2D eigenvalue weighted by Crippen LogP contribution is 2.28. The zero-order valence-corrected chi connectivity index (χ0v) is 14.0. The number of urea groups is 1. The Kier molecular flexibility index (Phi) is 4.67. The van der Waals surface area contributed by atoms with E-state index in [2.05, 4.69) is 10.6 Å². The van der Waals surface area contributed by atoms with E-state index in [1.807, 2.05) is 24.3 Å². The Hall–Kier alpha value is -2.93. The first-order valence-corrected chi connectivity index (χ1v) is 7.83. The SMILES string of the molecule is COc1cccc2cc(CNC(=O)NCC(C)(O)c3ccco3)oc12. The molecule has 25 heavy (non-hydrogen) atoms. The molecule has 3 aromatic rings. The number of aliphatic hydroxyl groups is 1. The topological polar surface area (TPSA) is 96.9 Å². The van der Waals surface area contributed by atoms with Gasteiger partial charge in [0.05, 0.1) is 26.5 Å². The molecular formula is C18H20N2O5. The lowest BCUT2D eigenvalue weighted by atomic mass is 10.0. The van der Waals surface area contributed by atoms with E-state index in [0.29, 0.717) is 22.9 Å². The van der Waals surface area contributed by atoms with E-state index in [4.69, 9.17) is 13.6 Å². The van der Waals surface area contributed by atoms with Crippen LogP contribution in [0.2, 0.25) is 0 Å². The largest absolute Gasteiger partial charge is 0.493 e. The summed E-state index contributed by atoms with van der Waals surface area (Å²) in [5.74, 6) is 1.63. The first-order chi connectivity index (χ1) is 12.0. The van der Waals surface area contributed by atoms with Gasteiger partial charge in [-0.2, -0.15) is 0 Å². The first-order valence-electron chi connectivity index (χ1n) is 7.83. The van der Waals surface area contributed by atoms with E-state index < -0.39 is 11.6 Å². The standard InChI is InChI=1S/C18H20N2O5/c1-18(22,15-7-4-8-24-15)11-20-17(21)19-10-13-9-12-5-3-6-14(23-2)16(12)25-13/h3-9,22H,10-11H2,1-2H3,(H2,19,20,21). The number of methoxy groups -OCH3 is 1. The molecule has 132 valence electrons. The maximum atomic E-state index is 11.9. The van der Waals surface area contributed by atoms with Gasteiger partial charge in [0.1, 0.15) is 17.1 Å². The van der Waals surface area contributed by atoms with Crippen molar-refractivity contribution in [3.05, 3.63) is 54.2 Å². The molecule has 1 aromatic carbocycles. The van der Waals surface area contributed by atoms with Crippen LogP contribution >= 0.6 is 0 Å². The molecule has 2 heterocycles. The fraction of sp³-hybridized carbons (Fsp3) is 0.278. The van der Waals surface area contributed by atoms with E-state index >= 15 is 0 Å². The Morgan fingerprint density at radius 3 is 2.84 bits per heavy atom. The zero-order chi connectivity index (χ0) is 17.9. The number of hydrogen-bond acceptors (Lipinski definition) is 5. The van der Waals surface area contributed by atoms with Crippen LogP contribution in [-0.4, -0.2) is 24.8 Å². The molecular weight excluding hydrogens is 324 g/mol. The Bertz CT molecular complexity index is 852. The van der Waals surface area contributed by atoms with Gasteiger partial charge >= 0.3 is 6.03 Å². The molecule has 1 atom stereocenters. The Morgan fingerprint density at radius 1 is 1.28 bits per heavy atom. The normalized spacial score (nSPS) is 13.4. The molecule has 3 N–H and O–H groups in total. The van der Waals surface area contributed by atoms with Crippen LogP contribution in [0.3, 0.4) is 0 Å². The van der Waals surface area contributed by atoms with Crippen molar-refractivity contribution < 1.29 is 23.5 Å². The van der Waals surface area contributed by atoms with E-state index in [-0.39, 0.29) is 13.1 Å². The number of carbonyl (C=O) groups is 1. The van der Waals surface area contributed by atoms with Crippen molar-refractivity contribution in [3.63, 3.8) is 0 Å². The highest BCUT2D eigenvalue weighted by molar-refractivity contribution is 5.83. The molecule has 0 aliphatic carbocycles. The summed E-state index contributed by atoms with van der Waals surface area (Å²) in [4.78, 5) is 11.9. The molecule has 7 nitrogen and oxygen atoms in total. The zero-order valence-electron chi connectivity index (χ0n) is 14.0. The number of para-hydroxylation sites is 1. The van der Waals surface area contributed by atoms with Crippen molar-refractivity contribution in [2.45, 2.75) is 19.1 Å². The molecule has 0 saturated heterocycles. The van der Waals surface area contributed by atoms with Crippen LogP contribution in [-0.2, 0) is 12.1 Å². The lowest BCUT2D eigenvalue weighted by Gasteiger charge is -2.21. The van der Waals surface area contributed by atoms with Crippen molar-refractivity contribution in [1.29, 1.82) is 0 Å². The molecule has 0 fully saturated rings. The Balaban J connectivity index is 1.56. The van der Waals surface area contributed by atoms with Crippen LogP contribution in [0.5, 0.6) is 5.75 Å². The predicted octanol–water partition coefficient (Wildman–Crippen LogP) is 2.74. The van der Waals surface area contributed by atoms with Gasteiger partial charge in [-0.3, -0.25) is 0 Å². The summed E-state index contributed by atoms with van der Waals surface area (Å²) in [6.07, 6.45) is 1.47. The van der Waals surface area contributed by atoms with Crippen molar-refractivity contribution in [1.82, 2.24) is 10.6 Å². The summed E-state index contributed by atoms with van der Waals surface area (Å²) in [5, 5.41) is 16.5. The lowest BCUT2D eigenvalue weighted by molar-refractivity contribution is 0.0367. The van der Waals surface area contributed by atoms with Crippen LogP contribution in [0.4, 0.5) is 4.79 Å². The lowest BCUT2D eigenvalue weighted by Crippen LogP contribution is -2.43. The van der Waals surface area contributed by atoms with Crippen molar-refractivity contribution in [2.75, 3.05) is 13.7 Å². The number of fused-ring (bicyclic) bond motifs is 1. The fourth-order valence-corrected chi connectivity index (χ4v) is 2.49. The molecule has 0 spiro atoms. The average Bonchev–Trinajstić information content (AvgIpc) is 3.27. The molecule has 7 heteroatoms. The van der Waals surface area contributed by atoms with Gasteiger partial charge in [-0.1, -0.05) is 12.1 Å². The molecule has 0 radical (unpaired) electrons. The summed E-state index contributed by atoms with van der Waals surface area (Å²) < 4.78 is 16.1. The number of amides is 2. The van der Waals surface area contributed by atoms with Crippen LogP contribution < -0.4 is 15.4 Å².